The van der Waals surface area contributed by atoms with E-state index in [1.165, 1.54) is 33.6 Å². The molecule has 0 saturated carbocycles. The molecule has 0 bridgehead atoms. The van der Waals surface area contributed by atoms with Crippen LogP contribution in [0.25, 0.3) is 0 Å². The minimum absolute atomic E-state index is 0.205. The van der Waals surface area contributed by atoms with Gasteiger partial charge >= 0.3 is 6.16 Å². The predicted octanol–water partition coefficient (Wildman–Crippen LogP) is 2.61. The summed E-state index contributed by atoms with van der Waals surface area (Å²) in [5.41, 5.74) is 3.47. The van der Waals surface area contributed by atoms with Crippen molar-refractivity contribution in [3.8, 4) is 17.2 Å². The van der Waals surface area contributed by atoms with Crippen molar-refractivity contribution in [3.05, 3.63) is 53.6 Å². The van der Waals surface area contributed by atoms with Crippen molar-refractivity contribution < 1.29 is 28.5 Å². The van der Waals surface area contributed by atoms with Crippen LogP contribution in [0.2, 0.25) is 0 Å². The first-order valence-corrected chi connectivity index (χ1v) is 7.48. The van der Waals surface area contributed by atoms with Gasteiger partial charge in [0.05, 0.1) is 27.5 Å². The van der Waals surface area contributed by atoms with Crippen LogP contribution in [0, 0.1) is 0 Å². The second-order valence-electron chi connectivity index (χ2n) is 4.90. The van der Waals surface area contributed by atoms with E-state index in [2.05, 4.69) is 15.3 Å². The molecule has 8 heteroatoms. The zero-order valence-corrected chi connectivity index (χ0v) is 14.5. The van der Waals surface area contributed by atoms with Crippen LogP contribution >= 0.6 is 0 Å². The Bertz CT molecular complexity index is 819. The number of carbonyl (C=O) groups is 2. The maximum atomic E-state index is 12.1. The summed E-state index contributed by atoms with van der Waals surface area (Å²) in [6, 6.07) is 11.5. The highest BCUT2D eigenvalue weighted by molar-refractivity contribution is 5.95. The molecule has 0 aliphatic heterocycles. The van der Waals surface area contributed by atoms with Gasteiger partial charge in [0.2, 0.25) is 0 Å². The second kappa shape index (κ2) is 9.07. The lowest BCUT2D eigenvalue weighted by atomic mass is 10.2. The van der Waals surface area contributed by atoms with Gasteiger partial charge in [-0.05, 0) is 42.0 Å². The minimum atomic E-state index is -0.852. The lowest BCUT2D eigenvalue weighted by molar-refractivity contribution is 0.0954. The number of amides is 1. The molecule has 0 atom stereocenters. The van der Waals surface area contributed by atoms with Gasteiger partial charge in [-0.3, -0.25) is 4.79 Å². The number of nitrogens with one attached hydrogen (secondary N) is 1. The molecular weight excluding hydrogens is 340 g/mol. The topological polar surface area (TPSA) is 95.5 Å². The molecule has 8 nitrogen and oxygen atoms in total. The summed E-state index contributed by atoms with van der Waals surface area (Å²) < 4.78 is 19.6. The molecule has 0 heterocycles. The van der Waals surface area contributed by atoms with Gasteiger partial charge in [-0.15, -0.1) is 0 Å². The molecule has 1 amide bonds. The molecule has 0 radical (unpaired) electrons. The van der Waals surface area contributed by atoms with Gasteiger partial charge in [-0.2, -0.15) is 5.10 Å². The molecule has 0 saturated heterocycles. The normalized spacial score (nSPS) is 10.3. The Morgan fingerprint density at radius 2 is 1.81 bits per heavy atom. The van der Waals surface area contributed by atoms with E-state index in [0.29, 0.717) is 22.6 Å². The van der Waals surface area contributed by atoms with Crippen molar-refractivity contribution in [1.29, 1.82) is 0 Å². The summed E-state index contributed by atoms with van der Waals surface area (Å²) in [6.07, 6.45) is 0.581. The van der Waals surface area contributed by atoms with Crippen LogP contribution in [0.5, 0.6) is 17.2 Å². The fourth-order valence-corrected chi connectivity index (χ4v) is 1.97. The first-order valence-electron chi connectivity index (χ1n) is 7.48. The highest BCUT2D eigenvalue weighted by Crippen LogP contribution is 2.27. The highest BCUT2D eigenvalue weighted by Gasteiger charge is 2.10. The molecule has 136 valence electrons. The molecule has 0 aromatic heterocycles. The van der Waals surface area contributed by atoms with Crippen LogP contribution < -0.4 is 19.6 Å². The van der Waals surface area contributed by atoms with Crippen LogP contribution in [0.15, 0.2) is 47.6 Å². The standard InChI is InChI=1S/C18H18N2O6/c1-23-14-6-4-5-13(10-14)17(21)20-19-11-12-7-8-15(16(9-12)24-2)26-18(22)25-3/h4-11H,1-3H3,(H,20,21)/b19-11-. The van der Waals surface area contributed by atoms with Crippen molar-refractivity contribution in [3.63, 3.8) is 0 Å². The zero-order valence-electron chi connectivity index (χ0n) is 14.5. The summed E-state index contributed by atoms with van der Waals surface area (Å²) >= 11 is 0. The first-order chi connectivity index (χ1) is 12.6. The Kier molecular flexibility index (Phi) is 6.55. The Hall–Kier alpha value is -3.55. The van der Waals surface area contributed by atoms with Crippen molar-refractivity contribution >= 4 is 18.3 Å². The number of carbonyl (C=O) groups excluding carboxylic acids is 2. The van der Waals surface area contributed by atoms with Gasteiger partial charge in [0.1, 0.15) is 5.75 Å². The Morgan fingerprint density at radius 1 is 1.00 bits per heavy atom. The van der Waals surface area contributed by atoms with Gasteiger partial charge < -0.3 is 18.9 Å². The highest BCUT2D eigenvalue weighted by atomic mass is 16.7. The molecule has 1 N–H and O–H groups in total. The Morgan fingerprint density at radius 3 is 2.50 bits per heavy atom. The summed E-state index contributed by atoms with van der Waals surface area (Å²) in [5, 5.41) is 3.90. The fourth-order valence-electron chi connectivity index (χ4n) is 1.97. The van der Waals surface area contributed by atoms with E-state index in [9.17, 15) is 9.59 Å². The first kappa shape index (κ1) is 18.8. The fraction of sp³-hybridized carbons (Fsp3) is 0.167. The quantitative estimate of drug-likeness (QED) is 0.369. The van der Waals surface area contributed by atoms with Crippen molar-refractivity contribution in [2.75, 3.05) is 21.3 Å². The van der Waals surface area contributed by atoms with Crippen LogP contribution in [-0.2, 0) is 4.74 Å². The molecule has 0 fully saturated rings. The van der Waals surface area contributed by atoms with E-state index in [-0.39, 0.29) is 11.7 Å². The third-order valence-electron chi connectivity index (χ3n) is 3.26. The van der Waals surface area contributed by atoms with Gasteiger partial charge in [0.15, 0.2) is 11.5 Å². The summed E-state index contributed by atoms with van der Waals surface area (Å²) in [7, 11) is 4.17. The largest absolute Gasteiger partial charge is 0.513 e. The molecule has 0 aliphatic rings. The summed E-state index contributed by atoms with van der Waals surface area (Å²) in [4.78, 5) is 23.2. The van der Waals surface area contributed by atoms with Crippen molar-refractivity contribution in [1.82, 2.24) is 5.43 Å². The maximum Gasteiger partial charge on any atom is 0.513 e. The maximum absolute atomic E-state index is 12.1. The Labute approximate surface area is 150 Å². The number of benzene rings is 2. The average molecular weight is 358 g/mol. The molecule has 2 rings (SSSR count). The molecule has 0 aliphatic carbocycles. The SMILES string of the molecule is COC(=O)Oc1ccc(/C=N\NC(=O)c2cccc(OC)c2)cc1OC. The molecule has 0 spiro atoms. The third-order valence-corrected chi connectivity index (χ3v) is 3.26. The van der Waals surface area contributed by atoms with Crippen molar-refractivity contribution in [2.24, 2.45) is 5.10 Å². The second-order valence-corrected chi connectivity index (χ2v) is 4.90. The Balaban J connectivity index is 2.05. The minimum Gasteiger partial charge on any atom is -0.497 e. The van der Waals surface area contributed by atoms with E-state index >= 15 is 0 Å². The number of methoxy groups -OCH3 is 3. The van der Waals surface area contributed by atoms with Crippen LogP contribution in [0.3, 0.4) is 0 Å². The molecule has 26 heavy (non-hydrogen) atoms. The van der Waals surface area contributed by atoms with Gasteiger partial charge in [-0.25, -0.2) is 10.2 Å². The van der Waals surface area contributed by atoms with Gasteiger partial charge in [-0.1, -0.05) is 6.07 Å². The molecular formula is C18H18N2O6. The van der Waals surface area contributed by atoms with Crippen LogP contribution in [-0.4, -0.2) is 39.6 Å². The van der Waals surface area contributed by atoms with Crippen LogP contribution in [0.1, 0.15) is 15.9 Å². The van der Waals surface area contributed by atoms with Crippen molar-refractivity contribution in [2.45, 2.75) is 0 Å². The number of ether oxygens (including phenoxy) is 4. The summed E-state index contributed by atoms with van der Waals surface area (Å²) in [5.74, 6) is 0.723. The van der Waals surface area contributed by atoms with Crippen LogP contribution in [0.4, 0.5) is 4.79 Å². The third kappa shape index (κ3) is 4.97. The number of rotatable bonds is 6. The van der Waals surface area contributed by atoms with Gasteiger partial charge in [0, 0.05) is 5.56 Å². The van der Waals surface area contributed by atoms with E-state index in [1.54, 1.807) is 36.4 Å². The lowest BCUT2D eigenvalue weighted by Gasteiger charge is -2.08. The number of hydrazone groups is 1. The van der Waals surface area contributed by atoms with Gasteiger partial charge in [0.25, 0.3) is 5.91 Å². The summed E-state index contributed by atoms with van der Waals surface area (Å²) in [6.45, 7) is 0. The number of hydrogen-bond acceptors (Lipinski definition) is 7. The van der Waals surface area contributed by atoms with E-state index < -0.39 is 6.16 Å². The monoisotopic (exact) mass is 358 g/mol. The lowest BCUT2D eigenvalue weighted by Crippen LogP contribution is -2.17. The van der Waals surface area contributed by atoms with E-state index in [4.69, 9.17) is 14.2 Å². The number of hydrogen-bond donors (Lipinski definition) is 1. The molecule has 0 unspecified atom stereocenters. The van der Waals surface area contributed by atoms with E-state index in [0.717, 1.165) is 0 Å². The molecule has 2 aromatic carbocycles. The van der Waals surface area contributed by atoms with E-state index in [1.807, 2.05) is 0 Å². The average Bonchev–Trinajstić information content (AvgIpc) is 2.68. The smallest absolute Gasteiger partial charge is 0.497 e. The molecule has 2 aromatic rings. The zero-order chi connectivity index (χ0) is 18.9. The predicted molar refractivity (Wildman–Crippen MR) is 94.1 cm³/mol. The number of nitrogens with zero attached hydrogens (tertiary/aromatic N) is 1.